The topological polar surface area (TPSA) is 81.5 Å². The zero-order valence-corrected chi connectivity index (χ0v) is 16.3. The second-order valence-corrected chi connectivity index (χ2v) is 6.63. The predicted molar refractivity (Wildman–Crippen MR) is 104 cm³/mol. The van der Waals surface area contributed by atoms with Crippen LogP contribution in [0.15, 0.2) is 51.4 Å². The second kappa shape index (κ2) is 8.77. The molecule has 8 heteroatoms. The molecule has 0 aliphatic rings. The number of amides is 1. The van der Waals surface area contributed by atoms with Gasteiger partial charge in [-0.2, -0.15) is 0 Å². The van der Waals surface area contributed by atoms with E-state index in [9.17, 15) is 14.9 Å². The molecule has 0 aliphatic heterocycles. The van der Waals surface area contributed by atoms with E-state index in [2.05, 4.69) is 37.2 Å². The number of nitro groups is 1. The lowest BCUT2D eigenvalue weighted by Crippen LogP contribution is -2.08. The minimum absolute atomic E-state index is 0.0593. The average molecular weight is 470 g/mol. The van der Waals surface area contributed by atoms with E-state index in [0.29, 0.717) is 22.5 Å². The number of carbonyl (C=O) groups is 1. The first-order valence-electron chi connectivity index (χ1n) is 7.26. The van der Waals surface area contributed by atoms with Crippen LogP contribution < -0.4 is 10.1 Å². The average Bonchev–Trinajstić information content (AvgIpc) is 2.57. The lowest BCUT2D eigenvalue weighted by Gasteiger charge is -2.08. The molecule has 1 N–H and O–H groups in total. The summed E-state index contributed by atoms with van der Waals surface area (Å²) >= 11 is 6.60. The van der Waals surface area contributed by atoms with Gasteiger partial charge in [-0.15, -0.1) is 0 Å². The highest BCUT2D eigenvalue weighted by Gasteiger charge is 2.10. The van der Waals surface area contributed by atoms with Crippen molar-refractivity contribution in [2.24, 2.45) is 0 Å². The summed E-state index contributed by atoms with van der Waals surface area (Å²) in [6, 6.07) is 9.65. The lowest BCUT2D eigenvalue weighted by atomic mass is 10.2. The number of hydrogen-bond donors (Lipinski definition) is 1. The van der Waals surface area contributed by atoms with Crippen molar-refractivity contribution in [3.63, 3.8) is 0 Å². The molecule has 2 rings (SSSR count). The van der Waals surface area contributed by atoms with Crippen molar-refractivity contribution in [1.29, 1.82) is 0 Å². The Balaban J connectivity index is 2.14. The monoisotopic (exact) mass is 468 g/mol. The van der Waals surface area contributed by atoms with E-state index in [4.69, 9.17) is 4.74 Å². The van der Waals surface area contributed by atoms with Gasteiger partial charge in [-0.3, -0.25) is 14.9 Å². The Morgan fingerprint density at radius 2 is 2.04 bits per heavy atom. The molecular formula is C17H14Br2N2O4. The molecular weight excluding hydrogens is 456 g/mol. The number of hydrogen-bond acceptors (Lipinski definition) is 4. The smallest absolute Gasteiger partial charge is 0.270 e. The number of benzene rings is 2. The van der Waals surface area contributed by atoms with Crippen molar-refractivity contribution in [1.82, 2.24) is 0 Å². The molecule has 130 valence electrons. The van der Waals surface area contributed by atoms with E-state index in [0.717, 1.165) is 10.0 Å². The number of anilines is 1. The Labute approximate surface area is 161 Å². The van der Waals surface area contributed by atoms with Gasteiger partial charge in [0.25, 0.3) is 5.69 Å². The van der Waals surface area contributed by atoms with E-state index in [1.807, 2.05) is 25.1 Å². The lowest BCUT2D eigenvalue weighted by molar-refractivity contribution is -0.384. The summed E-state index contributed by atoms with van der Waals surface area (Å²) in [4.78, 5) is 22.3. The number of rotatable bonds is 6. The van der Waals surface area contributed by atoms with Gasteiger partial charge in [-0.05, 0) is 53.2 Å². The molecule has 0 aliphatic carbocycles. The molecule has 0 aromatic heterocycles. The van der Waals surface area contributed by atoms with Crippen LogP contribution in [0.4, 0.5) is 11.4 Å². The molecule has 0 spiro atoms. The summed E-state index contributed by atoms with van der Waals surface area (Å²) in [5, 5.41) is 13.4. The van der Waals surface area contributed by atoms with Crippen LogP contribution in [0.1, 0.15) is 12.5 Å². The number of nitrogens with one attached hydrogen (secondary N) is 1. The summed E-state index contributed by atoms with van der Waals surface area (Å²) in [6.07, 6.45) is 3.02. The number of nitrogens with zero attached hydrogens (tertiary/aromatic N) is 1. The van der Waals surface area contributed by atoms with E-state index in [-0.39, 0.29) is 11.6 Å². The quantitative estimate of drug-likeness (QED) is 0.359. The normalized spacial score (nSPS) is 10.7. The minimum atomic E-state index is -0.501. The fourth-order valence-corrected chi connectivity index (χ4v) is 2.84. The van der Waals surface area contributed by atoms with E-state index >= 15 is 0 Å². The van der Waals surface area contributed by atoms with Crippen molar-refractivity contribution in [2.75, 3.05) is 11.9 Å². The van der Waals surface area contributed by atoms with Crippen LogP contribution in [0.3, 0.4) is 0 Å². The third-order valence-electron chi connectivity index (χ3n) is 3.11. The van der Waals surface area contributed by atoms with Gasteiger partial charge in [-0.25, -0.2) is 0 Å². The van der Waals surface area contributed by atoms with E-state index in [1.165, 1.54) is 24.3 Å². The first-order chi connectivity index (χ1) is 11.9. The standard InChI is InChI=1S/C17H14Br2N2O4/c1-2-25-16-7-4-12(18)9-11(16)3-8-17(22)20-15-6-5-13(21(23)24)10-14(15)19/h3-10H,2H2,1H3,(H,20,22)/b8-3+. The van der Waals surface area contributed by atoms with E-state index < -0.39 is 4.92 Å². The molecule has 2 aromatic rings. The zero-order valence-electron chi connectivity index (χ0n) is 13.2. The number of halogens is 2. The van der Waals surface area contributed by atoms with Crippen molar-refractivity contribution >= 4 is 55.2 Å². The molecule has 0 saturated carbocycles. The first-order valence-corrected chi connectivity index (χ1v) is 8.84. The van der Waals surface area contributed by atoms with Crippen LogP contribution in [0.5, 0.6) is 5.75 Å². The Morgan fingerprint density at radius 3 is 2.68 bits per heavy atom. The van der Waals surface area contributed by atoms with Crippen molar-refractivity contribution in [3.05, 3.63) is 67.1 Å². The molecule has 0 fully saturated rings. The van der Waals surface area contributed by atoms with Crippen LogP contribution >= 0.6 is 31.9 Å². The number of carbonyl (C=O) groups excluding carboxylic acids is 1. The fourth-order valence-electron chi connectivity index (χ4n) is 2.00. The van der Waals surface area contributed by atoms with Gasteiger partial charge in [0.05, 0.1) is 17.2 Å². The van der Waals surface area contributed by atoms with Gasteiger partial charge in [0.15, 0.2) is 0 Å². The van der Waals surface area contributed by atoms with Gasteiger partial charge < -0.3 is 10.1 Å². The van der Waals surface area contributed by atoms with E-state index in [1.54, 1.807) is 6.08 Å². The highest BCUT2D eigenvalue weighted by atomic mass is 79.9. The number of non-ortho nitro benzene ring substituents is 1. The summed E-state index contributed by atoms with van der Waals surface area (Å²) in [5.74, 6) is 0.309. The van der Waals surface area contributed by atoms with Gasteiger partial charge in [0.1, 0.15) is 5.75 Å². The summed E-state index contributed by atoms with van der Waals surface area (Å²) < 4.78 is 6.82. The Morgan fingerprint density at radius 1 is 1.28 bits per heavy atom. The Kier molecular flexibility index (Phi) is 6.72. The maximum atomic E-state index is 12.1. The molecule has 0 unspecified atom stereocenters. The van der Waals surface area contributed by atoms with Crippen LogP contribution in [0.2, 0.25) is 0 Å². The van der Waals surface area contributed by atoms with Crippen LogP contribution in [-0.2, 0) is 4.79 Å². The highest BCUT2D eigenvalue weighted by molar-refractivity contribution is 9.10. The van der Waals surface area contributed by atoms with Crippen LogP contribution in [0, 0.1) is 10.1 Å². The Hall–Kier alpha value is -2.19. The molecule has 0 radical (unpaired) electrons. The third kappa shape index (κ3) is 5.40. The van der Waals surface area contributed by atoms with Crippen molar-refractivity contribution < 1.29 is 14.5 Å². The molecule has 0 atom stereocenters. The maximum absolute atomic E-state index is 12.1. The Bertz CT molecular complexity index is 837. The first kappa shape index (κ1) is 19.1. The van der Waals surface area contributed by atoms with Gasteiger partial charge in [0.2, 0.25) is 5.91 Å². The summed E-state index contributed by atoms with van der Waals surface area (Å²) in [5.41, 5.74) is 1.14. The molecule has 0 saturated heterocycles. The summed E-state index contributed by atoms with van der Waals surface area (Å²) in [6.45, 7) is 2.40. The van der Waals surface area contributed by atoms with Gasteiger partial charge in [0, 0.05) is 32.7 Å². The molecule has 0 bridgehead atoms. The molecule has 1 amide bonds. The predicted octanol–water partition coefficient (Wildman–Crippen LogP) is 5.17. The molecule has 2 aromatic carbocycles. The second-order valence-electron chi connectivity index (χ2n) is 4.86. The third-order valence-corrected chi connectivity index (χ3v) is 4.26. The highest BCUT2D eigenvalue weighted by Crippen LogP contribution is 2.27. The zero-order chi connectivity index (χ0) is 18.4. The van der Waals surface area contributed by atoms with Gasteiger partial charge in [-0.1, -0.05) is 15.9 Å². The summed E-state index contributed by atoms with van der Waals surface area (Å²) in [7, 11) is 0. The van der Waals surface area contributed by atoms with Crippen molar-refractivity contribution in [3.8, 4) is 5.75 Å². The molecule has 6 nitrogen and oxygen atoms in total. The van der Waals surface area contributed by atoms with Gasteiger partial charge >= 0.3 is 0 Å². The van der Waals surface area contributed by atoms with Crippen molar-refractivity contribution in [2.45, 2.75) is 6.92 Å². The number of ether oxygens (including phenoxy) is 1. The minimum Gasteiger partial charge on any atom is -0.493 e. The number of nitro benzene ring substituents is 1. The fraction of sp³-hybridized carbons (Fsp3) is 0.118. The maximum Gasteiger partial charge on any atom is 0.270 e. The van der Waals surface area contributed by atoms with Crippen LogP contribution in [0.25, 0.3) is 6.08 Å². The SMILES string of the molecule is CCOc1ccc(Br)cc1/C=C/C(=O)Nc1ccc([N+](=O)[O-])cc1Br. The molecule has 0 heterocycles. The largest absolute Gasteiger partial charge is 0.493 e. The van der Waals surface area contributed by atoms with Crippen LogP contribution in [-0.4, -0.2) is 17.4 Å². The molecule has 25 heavy (non-hydrogen) atoms.